The highest BCUT2D eigenvalue weighted by molar-refractivity contribution is 7.99. The van der Waals surface area contributed by atoms with E-state index in [1.54, 1.807) is 11.8 Å². The molecular formula is C49H34N4S. The van der Waals surface area contributed by atoms with E-state index < -0.39 is 0 Å². The van der Waals surface area contributed by atoms with Crippen molar-refractivity contribution in [2.45, 2.75) is 29.1 Å². The highest BCUT2D eigenvalue weighted by atomic mass is 32.2. The van der Waals surface area contributed by atoms with Crippen LogP contribution in [0.5, 0.6) is 0 Å². The number of nitriles is 1. The molecule has 1 aliphatic heterocycles. The van der Waals surface area contributed by atoms with Crippen LogP contribution >= 0.6 is 11.8 Å². The zero-order valence-corrected chi connectivity index (χ0v) is 30.7. The minimum absolute atomic E-state index is 0.199. The smallest absolute Gasteiger partial charge is 0.164 e. The molecule has 0 saturated heterocycles. The average Bonchev–Trinajstić information content (AvgIpc) is 3.24. The fourth-order valence-corrected chi connectivity index (χ4v) is 8.76. The van der Waals surface area contributed by atoms with Gasteiger partial charge in [0.25, 0.3) is 0 Å². The third kappa shape index (κ3) is 6.17. The molecular weight excluding hydrogens is 677 g/mol. The molecule has 9 rings (SSSR count). The standard InChI is InChI=1S/C49H34N4S/c1-49(2)42-25-23-32(31-50)27-45(42)54-44-26-24-38(30-43(44)49)36-18-11-17-35(28-36)37-19-12-20-39(29-37)47-51-46(34-15-7-4-8-16-34)52-48(53-47)41-22-10-9-21-40(41)33-13-5-3-6-14-33/h3-30H,1-2H3. The first-order valence-electron chi connectivity index (χ1n) is 18.0. The van der Waals surface area contributed by atoms with Crippen LogP contribution in [0.3, 0.4) is 0 Å². The third-order valence-corrected chi connectivity index (χ3v) is 11.4. The van der Waals surface area contributed by atoms with Gasteiger partial charge in [-0.1, -0.05) is 159 Å². The van der Waals surface area contributed by atoms with Gasteiger partial charge < -0.3 is 0 Å². The summed E-state index contributed by atoms with van der Waals surface area (Å²) in [5.74, 6) is 1.89. The van der Waals surface area contributed by atoms with Crippen molar-refractivity contribution in [3.8, 4) is 73.6 Å². The molecule has 0 amide bonds. The molecule has 0 fully saturated rings. The van der Waals surface area contributed by atoms with Crippen molar-refractivity contribution in [2.24, 2.45) is 0 Å². The Morgan fingerprint density at radius 2 is 0.963 bits per heavy atom. The third-order valence-electron chi connectivity index (χ3n) is 10.2. The molecule has 0 N–H and O–H groups in total. The Balaban J connectivity index is 1.10. The first-order chi connectivity index (χ1) is 26.4. The van der Waals surface area contributed by atoms with Crippen LogP contribution in [-0.4, -0.2) is 15.0 Å². The van der Waals surface area contributed by atoms with Crippen molar-refractivity contribution in [3.05, 3.63) is 187 Å². The van der Waals surface area contributed by atoms with E-state index >= 15 is 0 Å². The van der Waals surface area contributed by atoms with E-state index in [9.17, 15) is 5.26 Å². The van der Waals surface area contributed by atoms with E-state index in [2.05, 4.69) is 135 Å². The molecule has 8 aromatic rings. The summed E-state index contributed by atoms with van der Waals surface area (Å²) in [6.07, 6.45) is 0. The fourth-order valence-electron chi connectivity index (χ4n) is 7.35. The molecule has 4 nitrogen and oxygen atoms in total. The van der Waals surface area contributed by atoms with Crippen LogP contribution < -0.4 is 0 Å². The summed E-state index contributed by atoms with van der Waals surface area (Å²) in [6, 6.07) is 61.1. The topological polar surface area (TPSA) is 62.5 Å². The Kier molecular flexibility index (Phi) is 8.46. The van der Waals surface area contributed by atoms with Crippen molar-refractivity contribution in [2.75, 3.05) is 0 Å². The summed E-state index contributed by atoms with van der Waals surface area (Å²) in [4.78, 5) is 17.6. The minimum atomic E-state index is -0.199. The predicted molar refractivity (Wildman–Crippen MR) is 220 cm³/mol. The minimum Gasteiger partial charge on any atom is -0.208 e. The zero-order valence-electron chi connectivity index (χ0n) is 29.9. The van der Waals surface area contributed by atoms with Gasteiger partial charge in [0.15, 0.2) is 17.5 Å². The maximum absolute atomic E-state index is 9.49. The van der Waals surface area contributed by atoms with Crippen molar-refractivity contribution in [3.63, 3.8) is 0 Å². The van der Waals surface area contributed by atoms with Crippen LogP contribution in [0.2, 0.25) is 0 Å². The number of hydrogen-bond acceptors (Lipinski definition) is 5. The molecule has 7 aromatic carbocycles. The van der Waals surface area contributed by atoms with Gasteiger partial charge in [-0.3, -0.25) is 0 Å². The van der Waals surface area contributed by atoms with Gasteiger partial charge >= 0.3 is 0 Å². The van der Waals surface area contributed by atoms with E-state index in [1.807, 2.05) is 54.6 Å². The number of rotatable bonds is 6. The van der Waals surface area contributed by atoms with Crippen LogP contribution in [0.15, 0.2) is 180 Å². The second-order valence-electron chi connectivity index (χ2n) is 14.0. The fraction of sp³-hybridized carbons (Fsp3) is 0.0612. The molecule has 54 heavy (non-hydrogen) atoms. The summed E-state index contributed by atoms with van der Waals surface area (Å²) in [6.45, 7) is 4.55. The first-order valence-corrected chi connectivity index (χ1v) is 18.8. The number of nitrogens with zero attached hydrogens (tertiary/aromatic N) is 4. The largest absolute Gasteiger partial charge is 0.208 e. The van der Waals surface area contributed by atoms with Gasteiger partial charge in [-0.05, 0) is 80.9 Å². The molecule has 0 atom stereocenters. The molecule has 0 saturated carbocycles. The SMILES string of the molecule is CC1(C)c2ccc(C#N)cc2Sc2ccc(-c3cccc(-c4cccc(-c5nc(-c6ccccc6)nc(-c6ccccc6-c6ccccc6)n5)c4)c3)cc21. The van der Waals surface area contributed by atoms with Crippen molar-refractivity contribution in [1.82, 2.24) is 15.0 Å². The van der Waals surface area contributed by atoms with Gasteiger partial charge in [0.1, 0.15) is 0 Å². The lowest BCUT2D eigenvalue weighted by Crippen LogP contribution is -2.23. The Labute approximate surface area is 319 Å². The lowest BCUT2D eigenvalue weighted by Gasteiger charge is -2.35. The van der Waals surface area contributed by atoms with E-state index in [4.69, 9.17) is 15.0 Å². The highest BCUT2D eigenvalue weighted by Gasteiger charge is 2.33. The number of aromatic nitrogens is 3. The molecule has 0 bridgehead atoms. The molecule has 0 radical (unpaired) electrons. The highest BCUT2D eigenvalue weighted by Crippen LogP contribution is 2.50. The van der Waals surface area contributed by atoms with E-state index in [0.29, 0.717) is 23.0 Å². The molecule has 2 heterocycles. The molecule has 1 aromatic heterocycles. The quantitative estimate of drug-likeness (QED) is 0.172. The number of benzene rings is 7. The number of hydrogen-bond donors (Lipinski definition) is 0. The second-order valence-corrected chi connectivity index (χ2v) is 15.1. The van der Waals surface area contributed by atoms with E-state index in [-0.39, 0.29) is 5.41 Å². The lowest BCUT2D eigenvalue weighted by atomic mass is 9.76. The molecule has 0 spiro atoms. The summed E-state index contributed by atoms with van der Waals surface area (Å²) in [5.41, 5.74) is 12.5. The summed E-state index contributed by atoms with van der Waals surface area (Å²) in [5, 5.41) is 9.49. The van der Waals surface area contributed by atoms with Crippen molar-refractivity contribution >= 4 is 11.8 Å². The second kappa shape index (κ2) is 13.7. The predicted octanol–water partition coefficient (Wildman–Crippen LogP) is 12.5. The average molecular weight is 711 g/mol. The summed E-state index contributed by atoms with van der Waals surface area (Å²) < 4.78 is 0. The van der Waals surface area contributed by atoms with Crippen LogP contribution in [-0.2, 0) is 5.41 Å². The van der Waals surface area contributed by atoms with Gasteiger partial charge in [0, 0.05) is 31.9 Å². The molecule has 0 aliphatic carbocycles. The van der Waals surface area contributed by atoms with Gasteiger partial charge in [0.05, 0.1) is 11.6 Å². The van der Waals surface area contributed by atoms with Gasteiger partial charge in [0.2, 0.25) is 0 Å². The Hall–Kier alpha value is -6.61. The van der Waals surface area contributed by atoms with Crippen LogP contribution in [0.25, 0.3) is 67.5 Å². The monoisotopic (exact) mass is 710 g/mol. The molecule has 5 heteroatoms. The lowest BCUT2D eigenvalue weighted by molar-refractivity contribution is 0.607. The first kappa shape index (κ1) is 33.2. The zero-order chi connectivity index (χ0) is 36.6. The van der Waals surface area contributed by atoms with E-state index in [0.717, 1.165) is 49.4 Å². The van der Waals surface area contributed by atoms with Crippen LogP contribution in [0.4, 0.5) is 0 Å². The Bertz CT molecular complexity index is 2730. The van der Waals surface area contributed by atoms with Crippen LogP contribution in [0, 0.1) is 11.3 Å². The Morgan fingerprint density at radius 3 is 1.65 bits per heavy atom. The Morgan fingerprint density at radius 1 is 0.426 bits per heavy atom. The maximum atomic E-state index is 9.49. The maximum Gasteiger partial charge on any atom is 0.164 e. The molecule has 0 unspecified atom stereocenters. The molecule has 256 valence electrons. The van der Waals surface area contributed by atoms with Gasteiger partial charge in [-0.25, -0.2) is 15.0 Å². The summed E-state index contributed by atoms with van der Waals surface area (Å²) >= 11 is 1.75. The van der Waals surface area contributed by atoms with E-state index in [1.165, 1.54) is 21.6 Å². The van der Waals surface area contributed by atoms with Crippen molar-refractivity contribution in [1.29, 1.82) is 5.26 Å². The summed E-state index contributed by atoms with van der Waals surface area (Å²) in [7, 11) is 0. The van der Waals surface area contributed by atoms with Crippen LogP contribution in [0.1, 0.15) is 30.5 Å². The number of fused-ring (bicyclic) bond motifs is 2. The normalized spacial score (nSPS) is 12.7. The van der Waals surface area contributed by atoms with Gasteiger partial charge in [-0.15, -0.1) is 0 Å². The molecule has 1 aliphatic rings. The van der Waals surface area contributed by atoms with Gasteiger partial charge in [-0.2, -0.15) is 5.26 Å². The van der Waals surface area contributed by atoms with Crippen molar-refractivity contribution < 1.29 is 0 Å².